The molecule has 0 spiro atoms. The fraction of sp³-hybridized carbons (Fsp3) is 0.929. The third-order valence-electron chi connectivity index (χ3n) is 8.83. The Morgan fingerprint density at radius 2 is 1.62 bits per heavy atom. The molecular weight excluding hydrogens is 637 g/mol. The molecule has 40 heavy (non-hydrogen) atoms. The van der Waals surface area contributed by atoms with Gasteiger partial charge in [-0.15, -0.1) is 0 Å². The van der Waals surface area contributed by atoms with Crippen LogP contribution in [0.4, 0.5) is 0 Å². The number of aliphatic hydroxyl groups is 3. The molecule has 2 saturated heterocycles. The number of aliphatic hydroxyl groups excluding tert-OH is 3. The number of hydrogen-bond acceptors (Lipinski definition) is 9. The maximum Gasteiger partial charge on any atom is 0.335 e. The lowest BCUT2D eigenvalue weighted by atomic mass is 9.74. The molecule has 0 saturated carbocycles. The van der Waals surface area contributed by atoms with E-state index >= 15 is 0 Å². The summed E-state index contributed by atoms with van der Waals surface area (Å²) in [5.74, 6) is -1.69. The summed E-state index contributed by atoms with van der Waals surface area (Å²) in [6, 6.07) is -1.03. The normalized spacial score (nSPS) is 36.6. The Morgan fingerprint density at radius 1 is 1.00 bits per heavy atom. The van der Waals surface area contributed by atoms with E-state index in [1.165, 1.54) is 6.92 Å². The van der Waals surface area contributed by atoms with Gasteiger partial charge in [0.1, 0.15) is 30.5 Å². The highest BCUT2D eigenvalue weighted by Gasteiger charge is 2.56. The molecule has 11 atom stereocenters. The molecule has 2 heterocycles. The van der Waals surface area contributed by atoms with Gasteiger partial charge in [-0.05, 0) is 38.0 Å². The number of halogens is 1. The van der Waals surface area contributed by atoms with Crippen LogP contribution in [-0.4, -0.2) is 103 Å². The largest absolute Gasteiger partial charge is 0.479 e. The van der Waals surface area contributed by atoms with E-state index in [-0.39, 0.29) is 0 Å². The molecule has 2 rings (SSSR count). The highest BCUT2D eigenvalue weighted by Crippen LogP contribution is 2.42. The molecule has 5 N–H and O–H groups in total. The van der Waals surface area contributed by atoms with E-state index in [9.17, 15) is 30.0 Å². The molecule has 0 aromatic rings. The first-order valence-electron chi connectivity index (χ1n) is 14.5. The van der Waals surface area contributed by atoms with Crippen LogP contribution in [0.15, 0.2) is 0 Å². The minimum Gasteiger partial charge on any atom is -0.479 e. The fourth-order valence-corrected chi connectivity index (χ4v) is 6.41. The number of amides is 1. The first-order valence-corrected chi connectivity index (χ1v) is 15.7. The SMILES string of the molecule is CCCCC(C)(CC)OC1C(NC(C)=O)[C@H](O[C@H]2C(C(=O)O)O[C@@H](C(C)(CC)CC)[C@@H](O)C2I)OC(CO)[C@H]1O. The molecule has 0 aromatic carbocycles. The van der Waals surface area contributed by atoms with Crippen molar-refractivity contribution in [2.75, 3.05) is 6.61 Å². The highest BCUT2D eigenvalue weighted by molar-refractivity contribution is 14.1. The number of unbranched alkanes of at least 4 members (excludes halogenated alkanes) is 1. The number of nitrogens with one attached hydrogen (secondary N) is 1. The van der Waals surface area contributed by atoms with Gasteiger partial charge < -0.3 is 44.7 Å². The predicted octanol–water partition coefficient (Wildman–Crippen LogP) is 2.54. The second-order valence-corrected chi connectivity index (χ2v) is 13.1. The number of aliphatic carboxylic acids is 1. The average molecular weight is 688 g/mol. The van der Waals surface area contributed by atoms with Gasteiger partial charge in [0.05, 0.1) is 28.3 Å². The van der Waals surface area contributed by atoms with Gasteiger partial charge in [-0.2, -0.15) is 0 Å². The van der Waals surface area contributed by atoms with Gasteiger partial charge in [0.15, 0.2) is 12.4 Å². The van der Waals surface area contributed by atoms with Gasteiger partial charge in [0.2, 0.25) is 5.91 Å². The minimum atomic E-state index is -1.43. The van der Waals surface area contributed by atoms with Crippen LogP contribution in [0.25, 0.3) is 0 Å². The summed E-state index contributed by atoms with van der Waals surface area (Å²) in [5, 5.41) is 45.4. The summed E-state index contributed by atoms with van der Waals surface area (Å²) in [6.45, 7) is 12.6. The van der Waals surface area contributed by atoms with Crippen LogP contribution in [0.3, 0.4) is 0 Å². The van der Waals surface area contributed by atoms with Crippen molar-refractivity contribution < 1.29 is 49.0 Å². The summed E-state index contributed by atoms with van der Waals surface area (Å²) < 4.78 is 24.0. The van der Waals surface area contributed by atoms with E-state index in [0.29, 0.717) is 25.7 Å². The number of hydrogen-bond donors (Lipinski definition) is 5. The van der Waals surface area contributed by atoms with E-state index in [1.807, 2.05) is 57.2 Å². The smallest absolute Gasteiger partial charge is 0.335 e. The molecule has 0 bridgehead atoms. The van der Waals surface area contributed by atoms with Gasteiger partial charge in [0, 0.05) is 6.92 Å². The topological polar surface area (TPSA) is 164 Å². The Morgan fingerprint density at radius 3 is 2.10 bits per heavy atom. The summed E-state index contributed by atoms with van der Waals surface area (Å²) >= 11 is 1.99. The molecule has 2 aliphatic heterocycles. The molecule has 11 nitrogen and oxygen atoms in total. The molecule has 12 heteroatoms. The zero-order valence-electron chi connectivity index (χ0n) is 24.8. The van der Waals surface area contributed by atoms with E-state index in [2.05, 4.69) is 12.2 Å². The van der Waals surface area contributed by atoms with E-state index in [4.69, 9.17) is 18.9 Å². The van der Waals surface area contributed by atoms with Crippen molar-refractivity contribution in [3.8, 4) is 0 Å². The lowest BCUT2D eigenvalue weighted by Crippen LogP contribution is -2.69. The van der Waals surface area contributed by atoms with E-state index in [0.717, 1.165) is 12.8 Å². The summed E-state index contributed by atoms with van der Waals surface area (Å²) in [7, 11) is 0. The monoisotopic (exact) mass is 687 g/mol. The van der Waals surface area contributed by atoms with Crippen LogP contribution in [0.5, 0.6) is 0 Å². The quantitative estimate of drug-likeness (QED) is 0.136. The van der Waals surface area contributed by atoms with Crippen molar-refractivity contribution in [2.24, 2.45) is 5.41 Å². The molecule has 2 fully saturated rings. The van der Waals surface area contributed by atoms with Crippen molar-refractivity contribution in [2.45, 2.75) is 152 Å². The van der Waals surface area contributed by atoms with Gasteiger partial charge in [-0.1, -0.05) is 70.1 Å². The van der Waals surface area contributed by atoms with Crippen molar-refractivity contribution in [1.29, 1.82) is 0 Å². The predicted molar refractivity (Wildman–Crippen MR) is 156 cm³/mol. The van der Waals surface area contributed by atoms with Crippen molar-refractivity contribution in [3.05, 3.63) is 0 Å². The Balaban J connectivity index is 2.47. The second kappa shape index (κ2) is 15.2. The van der Waals surface area contributed by atoms with Crippen LogP contribution >= 0.6 is 22.6 Å². The number of ether oxygens (including phenoxy) is 4. The van der Waals surface area contributed by atoms with Gasteiger partial charge >= 0.3 is 5.97 Å². The number of carbonyl (C=O) groups excluding carboxylic acids is 1. The Bertz CT molecular complexity index is 829. The summed E-state index contributed by atoms with van der Waals surface area (Å²) in [6.07, 6.45) is -4.60. The number of carboxylic acid groups (broad SMARTS) is 1. The van der Waals surface area contributed by atoms with Crippen molar-refractivity contribution in [3.63, 3.8) is 0 Å². The van der Waals surface area contributed by atoms with E-state index < -0.39 is 88.5 Å². The maximum absolute atomic E-state index is 12.4. The summed E-state index contributed by atoms with van der Waals surface area (Å²) in [5.41, 5.74) is -1.10. The third-order valence-corrected chi connectivity index (χ3v) is 10.3. The number of rotatable bonds is 14. The molecule has 6 unspecified atom stereocenters. The van der Waals surface area contributed by atoms with Crippen molar-refractivity contribution in [1.82, 2.24) is 5.32 Å². The average Bonchev–Trinajstić information content (AvgIpc) is 2.92. The van der Waals surface area contributed by atoms with Gasteiger partial charge in [-0.3, -0.25) is 4.79 Å². The van der Waals surface area contributed by atoms with Crippen LogP contribution in [0.2, 0.25) is 0 Å². The lowest BCUT2D eigenvalue weighted by Gasteiger charge is -2.51. The third kappa shape index (κ3) is 8.06. The zero-order chi connectivity index (χ0) is 30.4. The molecule has 2 aliphatic rings. The molecule has 234 valence electrons. The Kier molecular flexibility index (Phi) is 13.5. The first-order chi connectivity index (χ1) is 18.7. The zero-order valence-corrected chi connectivity index (χ0v) is 27.0. The van der Waals surface area contributed by atoms with Gasteiger partial charge in [0.25, 0.3) is 0 Å². The van der Waals surface area contributed by atoms with Crippen LogP contribution in [-0.2, 0) is 28.5 Å². The Hall–Kier alpha value is -0.610. The number of alkyl halides is 1. The molecular formula is C28H50INO10. The molecule has 0 aliphatic carbocycles. The molecule has 0 radical (unpaired) electrons. The lowest BCUT2D eigenvalue weighted by molar-refractivity contribution is -0.316. The number of carboxylic acids is 1. The Labute approximate surface area is 251 Å². The fourth-order valence-electron chi connectivity index (χ4n) is 5.48. The van der Waals surface area contributed by atoms with Crippen LogP contribution in [0.1, 0.15) is 87.0 Å². The van der Waals surface area contributed by atoms with Crippen molar-refractivity contribution >= 4 is 34.5 Å². The van der Waals surface area contributed by atoms with Crippen LogP contribution < -0.4 is 5.32 Å². The summed E-state index contributed by atoms with van der Waals surface area (Å²) in [4.78, 5) is 24.7. The highest BCUT2D eigenvalue weighted by atomic mass is 127. The number of carbonyl (C=O) groups is 2. The second-order valence-electron chi connectivity index (χ2n) is 11.6. The van der Waals surface area contributed by atoms with E-state index in [1.54, 1.807) is 0 Å². The first kappa shape index (κ1) is 35.6. The standard InChI is InChI=1S/C28H50INO10/c1-8-12-13-28(7,11-4)40-22-18(30-15(5)32)26(37-16(14-31)19(22)33)39-21-17(29)20(34)24(27(6,9-2)10-3)38-23(21)25(35)36/h16-24,26,31,33-34H,8-14H2,1-7H3,(H,30,32)(H,35,36)/t16?,17?,18?,19-,20+,21-,22?,23?,24-,26+,28?/m1/s1. The minimum absolute atomic E-state index is 0.431. The molecule has 1 amide bonds. The molecule has 0 aromatic heterocycles. The maximum atomic E-state index is 12.4. The van der Waals surface area contributed by atoms with Gasteiger partial charge in [-0.25, -0.2) is 4.79 Å². The van der Waals surface area contributed by atoms with Crippen LogP contribution in [0, 0.1) is 5.41 Å².